The van der Waals surface area contributed by atoms with Gasteiger partial charge < -0.3 is 15.4 Å². The summed E-state index contributed by atoms with van der Waals surface area (Å²) < 4.78 is 0. The number of amides is 1. The quantitative estimate of drug-likeness (QED) is 0.789. The monoisotopic (exact) mass is 272 g/mol. The van der Waals surface area contributed by atoms with Crippen molar-refractivity contribution < 1.29 is 37.5 Å². The van der Waals surface area contributed by atoms with Crippen molar-refractivity contribution in [2.45, 2.75) is 39.2 Å². The Kier molecular flexibility index (Phi) is 7.18. The average Bonchev–Trinajstić information content (AvgIpc) is 2.04. The number of hydrogen-bond donors (Lipinski definition) is 0. The van der Waals surface area contributed by atoms with Crippen molar-refractivity contribution >= 4 is 5.91 Å². The van der Waals surface area contributed by atoms with Crippen LogP contribution in [0.1, 0.15) is 33.1 Å². The molecule has 4 heteroatoms. The Morgan fingerprint density at radius 1 is 1.43 bits per heavy atom. The Labute approximate surface area is 112 Å². The predicted molar refractivity (Wildman–Crippen MR) is 53.4 cm³/mol. The molecule has 0 bridgehead atoms. The van der Waals surface area contributed by atoms with E-state index in [-0.39, 0.29) is 32.7 Å². The number of piperidine rings is 1. The molecule has 1 amide bonds. The molecule has 1 rings (SSSR count). The van der Waals surface area contributed by atoms with E-state index in [0.717, 1.165) is 25.9 Å². The standard InChI is InChI=1S/C10H20N2O.Y/c1-8(2)12-5-3-9(4-6-12)7-10(11)13;/h8-9H,3-7H2,1-2H3,(H2,11,13);/p-1. The van der Waals surface area contributed by atoms with Gasteiger partial charge >= 0.3 is 0 Å². The van der Waals surface area contributed by atoms with Gasteiger partial charge in [-0.25, -0.2) is 0 Å². The number of nitrogens with zero attached hydrogens (tertiary/aromatic N) is 1. The zero-order valence-corrected chi connectivity index (χ0v) is 12.0. The minimum absolute atomic E-state index is 0. The van der Waals surface area contributed by atoms with E-state index in [1.807, 2.05) is 0 Å². The van der Waals surface area contributed by atoms with Gasteiger partial charge in [-0.15, -0.1) is 0 Å². The zero-order valence-electron chi connectivity index (χ0n) is 9.12. The van der Waals surface area contributed by atoms with E-state index in [2.05, 4.69) is 18.7 Å². The van der Waals surface area contributed by atoms with E-state index in [0.29, 0.717) is 18.4 Å². The third-order valence-electron chi connectivity index (χ3n) is 2.85. The Morgan fingerprint density at radius 3 is 2.29 bits per heavy atom. The summed E-state index contributed by atoms with van der Waals surface area (Å²) in [5.41, 5.74) is 6.90. The van der Waals surface area contributed by atoms with Crippen molar-refractivity contribution in [3.8, 4) is 0 Å². The molecule has 3 nitrogen and oxygen atoms in total. The summed E-state index contributed by atoms with van der Waals surface area (Å²) in [5, 5.41) is 0. The van der Waals surface area contributed by atoms with Gasteiger partial charge in [0, 0.05) is 44.7 Å². The van der Waals surface area contributed by atoms with E-state index >= 15 is 0 Å². The van der Waals surface area contributed by atoms with E-state index in [1.165, 1.54) is 0 Å². The maximum atomic E-state index is 10.6. The summed E-state index contributed by atoms with van der Waals surface area (Å²) in [4.78, 5) is 13.0. The fraction of sp³-hybridized carbons (Fsp3) is 0.900. The van der Waals surface area contributed by atoms with Crippen LogP contribution in [0.15, 0.2) is 0 Å². The minimum Gasteiger partial charge on any atom is -0.668 e. The molecule has 0 spiro atoms. The second-order valence-corrected chi connectivity index (χ2v) is 4.20. The van der Waals surface area contributed by atoms with Gasteiger partial charge in [-0.3, -0.25) is 0 Å². The van der Waals surface area contributed by atoms with Gasteiger partial charge in [0.15, 0.2) is 0 Å². The number of rotatable bonds is 3. The Balaban J connectivity index is 0.00000169. The first-order valence-electron chi connectivity index (χ1n) is 5.08. The van der Waals surface area contributed by atoms with Crippen LogP contribution < -0.4 is 0 Å². The van der Waals surface area contributed by atoms with Crippen LogP contribution in [0, 0.1) is 5.92 Å². The van der Waals surface area contributed by atoms with Crippen molar-refractivity contribution in [2.24, 2.45) is 5.92 Å². The summed E-state index contributed by atoms with van der Waals surface area (Å²) in [6.45, 7) is 6.59. The zero-order chi connectivity index (χ0) is 9.84. The molecule has 0 aromatic heterocycles. The largest absolute Gasteiger partial charge is 0.668 e. The first-order chi connectivity index (χ1) is 6.09. The van der Waals surface area contributed by atoms with Crippen molar-refractivity contribution in [3.63, 3.8) is 0 Å². The minimum atomic E-state index is -0.400. The first-order valence-corrected chi connectivity index (χ1v) is 5.08. The Hall–Kier alpha value is 0.534. The molecule has 79 valence electrons. The summed E-state index contributed by atoms with van der Waals surface area (Å²) >= 11 is 0. The molecule has 0 aromatic rings. The van der Waals surface area contributed by atoms with Crippen LogP contribution in [0.5, 0.6) is 0 Å². The van der Waals surface area contributed by atoms with Gasteiger partial charge in [0.2, 0.25) is 0 Å². The third-order valence-corrected chi connectivity index (χ3v) is 2.85. The number of carbonyl (C=O) groups is 1. The molecule has 0 saturated carbocycles. The molecule has 14 heavy (non-hydrogen) atoms. The summed E-state index contributed by atoms with van der Waals surface area (Å²) in [6.07, 6.45) is 2.64. The number of hydrogen-bond acceptors (Lipinski definition) is 2. The number of carbonyl (C=O) groups excluding carboxylic acids is 1. The maximum Gasteiger partial charge on any atom is 0.0490 e. The van der Waals surface area contributed by atoms with Crippen molar-refractivity contribution in [2.75, 3.05) is 13.1 Å². The SMILES string of the molecule is CC(C)N1CCC(CC([NH-])=O)CC1.[Y]. The molecule has 1 aliphatic rings. The van der Waals surface area contributed by atoms with Gasteiger partial charge in [-0.1, -0.05) is 0 Å². The fourth-order valence-electron chi connectivity index (χ4n) is 1.94. The smallest absolute Gasteiger partial charge is 0.0490 e. The molecule has 1 fully saturated rings. The predicted octanol–water partition coefficient (Wildman–Crippen LogP) is 2.07. The van der Waals surface area contributed by atoms with Crippen molar-refractivity contribution in [3.05, 3.63) is 5.73 Å². The molecule has 1 saturated heterocycles. The van der Waals surface area contributed by atoms with Crippen LogP contribution in [0.2, 0.25) is 0 Å². The average molecular weight is 272 g/mol. The van der Waals surface area contributed by atoms with Gasteiger partial charge in [0.25, 0.3) is 0 Å². The van der Waals surface area contributed by atoms with Crippen molar-refractivity contribution in [1.29, 1.82) is 0 Å². The van der Waals surface area contributed by atoms with Gasteiger partial charge in [-0.2, -0.15) is 0 Å². The topological polar surface area (TPSA) is 44.1 Å². The molecule has 1 heterocycles. The summed E-state index contributed by atoms with van der Waals surface area (Å²) in [5.74, 6) is 0.0722. The second-order valence-electron chi connectivity index (χ2n) is 4.20. The Morgan fingerprint density at radius 2 is 1.93 bits per heavy atom. The molecule has 1 radical (unpaired) electrons. The van der Waals surface area contributed by atoms with Gasteiger partial charge in [0.05, 0.1) is 0 Å². The fourth-order valence-corrected chi connectivity index (χ4v) is 1.94. The molecule has 0 atom stereocenters. The van der Waals surface area contributed by atoms with Crippen LogP contribution in [-0.4, -0.2) is 29.9 Å². The van der Waals surface area contributed by atoms with Gasteiger partial charge in [-0.05, 0) is 52.1 Å². The van der Waals surface area contributed by atoms with Crippen LogP contribution in [0.4, 0.5) is 0 Å². The third kappa shape index (κ3) is 4.85. The molecule has 1 N–H and O–H groups in total. The molecule has 0 unspecified atom stereocenters. The molecular weight excluding hydrogens is 253 g/mol. The van der Waals surface area contributed by atoms with Crippen LogP contribution in [-0.2, 0) is 37.5 Å². The summed E-state index contributed by atoms with van der Waals surface area (Å²) in [7, 11) is 0. The van der Waals surface area contributed by atoms with Crippen LogP contribution in [0.3, 0.4) is 0 Å². The van der Waals surface area contributed by atoms with Gasteiger partial charge in [0.1, 0.15) is 0 Å². The Bertz CT molecular complexity index is 177. The molecule has 0 aliphatic carbocycles. The van der Waals surface area contributed by atoms with Crippen molar-refractivity contribution in [1.82, 2.24) is 4.90 Å². The second kappa shape index (κ2) is 6.92. The van der Waals surface area contributed by atoms with E-state index in [9.17, 15) is 4.79 Å². The van der Waals surface area contributed by atoms with E-state index in [1.54, 1.807) is 0 Å². The number of nitrogens with one attached hydrogen (secondary N) is 1. The molecular formula is C10H19N2OY-. The summed E-state index contributed by atoms with van der Waals surface area (Å²) in [6, 6.07) is 0.618. The normalized spacial score (nSPS) is 19.4. The van der Waals surface area contributed by atoms with E-state index < -0.39 is 5.91 Å². The molecule has 1 aliphatic heterocycles. The molecule has 0 aromatic carbocycles. The number of likely N-dealkylation sites (tertiary alicyclic amines) is 1. The maximum absolute atomic E-state index is 10.6. The van der Waals surface area contributed by atoms with Crippen LogP contribution >= 0.6 is 0 Å². The first kappa shape index (κ1) is 14.5. The van der Waals surface area contributed by atoms with Crippen LogP contribution in [0.25, 0.3) is 5.73 Å². The van der Waals surface area contributed by atoms with E-state index in [4.69, 9.17) is 5.73 Å².